The van der Waals surface area contributed by atoms with E-state index in [4.69, 9.17) is 0 Å². The van der Waals surface area contributed by atoms with E-state index < -0.39 is 0 Å². The summed E-state index contributed by atoms with van der Waals surface area (Å²) in [4.78, 5) is 11.8. The van der Waals surface area contributed by atoms with E-state index in [-0.39, 0.29) is 5.91 Å². The first-order valence-corrected chi connectivity index (χ1v) is 6.85. The number of amides is 1. The fourth-order valence-electron chi connectivity index (χ4n) is 1.58. The Hall–Kier alpha value is -1.37. The third-order valence-electron chi connectivity index (χ3n) is 2.52. The zero-order chi connectivity index (χ0) is 12.8. The molecule has 0 radical (unpaired) electrons. The molecule has 2 rings (SSSR count). The topological polar surface area (TPSA) is 46.9 Å². The number of aryl methyl sites for hydroxylation is 1. The summed E-state index contributed by atoms with van der Waals surface area (Å²) in [6.45, 7) is 1.48. The predicted octanol–water partition coefficient (Wildman–Crippen LogP) is 2.31. The number of nitrogens with zero attached hydrogens (tertiary/aromatic N) is 2. The first kappa shape index (κ1) is 13.1. The summed E-state index contributed by atoms with van der Waals surface area (Å²) in [6, 6.07) is 9.43. The van der Waals surface area contributed by atoms with Gasteiger partial charge in [0.25, 0.3) is 5.91 Å². The highest BCUT2D eigenvalue weighted by atomic mass is 127. The van der Waals surface area contributed by atoms with Crippen molar-refractivity contribution >= 4 is 28.5 Å². The summed E-state index contributed by atoms with van der Waals surface area (Å²) < 4.78 is 2.99. The molecule has 1 heterocycles. The molecule has 4 nitrogen and oxygen atoms in total. The van der Waals surface area contributed by atoms with Crippen LogP contribution in [0.25, 0.3) is 0 Å². The molecule has 0 fully saturated rings. The molecule has 1 aromatic heterocycles. The molecular weight excluding hydrogens is 341 g/mol. The minimum Gasteiger partial charge on any atom is -0.352 e. The summed E-state index contributed by atoms with van der Waals surface area (Å²) in [5.74, 6) is -0.0214. The Morgan fingerprint density at radius 3 is 2.78 bits per heavy atom. The van der Waals surface area contributed by atoms with Gasteiger partial charge < -0.3 is 5.32 Å². The molecule has 0 saturated carbocycles. The second-order valence-corrected chi connectivity index (χ2v) is 5.13. The van der Waals surface area contributed by atoms with Gasteiger partial charge in [0.2, 0.25) is 0 Å². The Morgan fingerprint density at radius 1 is 1.33 bits per heavy atom. The van der Waals surface area contributed by atoms with Crippen LogP contribution in [-0.2, 0) is 6.54 Å². The van der Waals surface area contributed by atoms with Gasteiger partial charge in [-0.15, -0.1) is 0 Å². The highest BCUT2D eigenvalue weighted by Gasteiger charge is 2.03. The molecule has 94 valence electrons. The van der Waals surface area contributed by atoms with Gasteiger partial charge in [-0.25, -0.2) is 0 Å². The van der Waals surface area contributed by atoms with Crippen LogP contribution in [0.5, 0.6) is 0 Å². The Kier molecular flexibility index (Phi) is 4.74. The van der Waals surface area contributed by atoms with Gasteiger partial charge in [-0.05, 0) is 59.3 Å². The van der Waals surface area contributed by atoms with Crippen molar-refractivity contribution in [1.82, 2.24) is 15.1 Å². The SMILES string of the molecule is O=C(NCCCn1cccn1)c1ccc(I)cc1. The second kappa shape index (κ2) is 6.53. The molecule has 0 bridgehead atoms. The fraction of sp³-hybridized carbons (Fsp3) is 0.231. The first-order valence-electron chi connectivity index (χ1n) is 5.77. The van der Waals surface area contributed by atoms with Gasteiger partial charge in [0.1, 0.15) is 0 Å². The molecular formula is C13H14IN3O. The average Bonchev–Trinajstić information content (AvgIpc) is 2.88. The lowest BCUT2D eigenvalue weighted by atomic mass is 10.2. The predicted molar refractivity (Wildman–Crippen MR) is 78.3 cm³/mol. The summed E-state index contributed by atoms with van der Waals surface area (Å²) in [6.07, 6.45) is 4.54. The van der Waals surface area contributed by atoms with E-state index in [2.05, 4.69) is 33.0 Å². The van der Waals surface area contributed by atoms with Crippen molar-refractivity contribution < 1.29 is 4.79 Å². The maximum atomic E-state index is 11.8. The molecule has 0 saturated heterocycles. The van der Waals surface area contributed by atoms with Crippen molar-refractivity contribution in [2.75, 3.05) is 6.54 Å². The van der Waals surface area contributed by atoms with Crippen LogP contribution in [0.4, 0.5) is 0 Å². The average molecular weight is 355 g/mol. The van der Waals surface area contributed by atoms with Gasteiger partial charge in [-0.3, -0.25) is 9.48 Å². The Balaban J connectivity index is 1.73. The number of benzene rings is 1. The maximum Gasteiger partial charge on any atom is 0.251 e. The van der Waals surface area contributed by atoms with Gasteiger partial charge >= 0.3 is 0 Å². The second-order valence-electron chi connectivity index (χ2n) is 3.89. The molecule has 5 heteroatoms. The van der Waals surface area contributed by atoms with Gasteiger partial charge in [0, 0.05) is 34.6 Å². The van der Waals surface area contributed by atoms with Gasteiger partial charge in [-0.2, -0.15) is 5.10 Å². The standard InChI is InChI=1S/C13H14IN3O/c14-12-5-3-11(4-6-12)13(18)15-7-1-9-17-10-2-8-16-17/h2-6,8,10H,1,7,9H2,(H,15,18). The van der Waals surface area contributed by atoms with Crippen LogP contribution in [0.2, 0.25) is 0 Å². The number of halogens is 1. The smallest absolute Gasteiger partial charge is 0.251 e. The number of hydrogen-bond acceptors (Lipinski definition) is 2. The number of carbonyl (C=O) groups is 1. The first-order chi connectivity index (χ1) is 8.75. The summed E-state index contributed by atoms with van der Waals surface area (Å²) >= 11 is 2.22. The molecule has 0 aliphatic rings. The maximum absolute atomic E-state index is 11.8. The number of rotatable bonds is 5. The number of nitrogens with one attached hydrogen (secondary N) is 1. The molecule has 2 aromatic rings. The van der Waals surface area contributed by atoms with E-state index in [0.29, 0.717) is 12.1 Å². The summed E-state index contributed by atoms with van der Waals surface area (Å²) in [5, 5.41) is 7.00. The molecule has 1 N–H and O–H groups in total. The molecule has 0 spiro atoms. The van der Waals surface area contributed by atoms with E-state index in [9.17, 15) is 4.79 Å². The van der Waals surface area contributed by atoms with Crippen LogP contribution in [0, 0.1) is 3.57 Å². The lowest BCUT2D eigenvalue weighted by Gasteiger charge is -2.05. The van der Waals surface area contributed by atoms with Gasteiger partial charge in [0.05, 0.1) is 0 Å². The molecule has 0 atom stereocenters. The Bertz CT molecular complexity index is 493. The third-order valence-corrected chi connectivity index (χ3v) is 3.23. The Labute approximate surface area is 120 Å². The number of carbonyl (C=O) groups excluding carboxylic acids is 1. The lowest BCUT2D eigenvalue weighted by molar-refractivity contribution is 0.0952. The summed E-state index contributed by atoms with van der Waals surface area (Å²) in [7, 11) is 0. The molecule has 0 aliphatic heterocycles. The van der Waals surface area contributed by atoms with Crippen molar-refractivity contribution in [3.05, 3.63) is 51.9 Å². The van der Waals surface area contributed by atoms with Crippen LogP contribution in [-0.4, -0.2) is 22.2 Å². The van der Waals surface area contributed by atoms with Crippen molar-refractivity contribution in [3.8, 4) is 0 Å². The van der Waals surface area contributed by atoms with Crippen molar-refractivity contribution in [1.29, 1.82) is 0 Å². The van der Waals surface area contributed by atoms with E-state index >= 15 is 0 Å². The third kappa shape index (κ3) is 3.83. The molecule has 0 unspecified atom stereocenters. The van der Waals surface area contributed by atoms with Crippen LogP contribution >= 0.6 is 22.6 Å². The normalized spacial score (nSPS) is 10.3. The van der Waals surface area contributed by atoms with E-state index in [0.717, 1.165) is 16.5 Å². The van der Waals surface area contributed by atoms with Gasteiger partial charge in [0.15, 0.2) is 0 Å². The fourth-order valence-corrected chi connectivity index (χ4v) is 1.94. The van der Waals surface area contributed by atoms with Crippen molar-refractivity contribution in [3.63, 3.8) is 0 Å². The van der Waals surface area contributed by atoms with E-state index in [1.165, 1.54) is 0 Å². The highest BCUT2D eigenvalue weighted by molar-refractivity contribution is 14.1. The minimum absolute atomic E-state index is 0.0214. The van der Waals surface area contributed by atoms with Crippen LogP contribution in [0.15, 0.2) is 42.7 Å². The van der Waals surface area contributed by atoms with Crippen LogP contribution in [0.1, 0.15) is 16.8 Å². The zero-order valence-corrected chi connectivity index (χ0v) is 12.0. The van der Waals surface area contributed by atoms with E-state index in [1.807, 2.05) is 41.2 Å². The van der Waals surface area contributed by atoms with Crippen molar-refractivity contribution in [2.24, 2.45) is 0 Å². The van der Waals surface area contributed by atoms with Crippen LogP contribution in [0.3, 0.4) is 0 Å². The van der Waals surface area contributed by atoms with Gasteiger partial charge in [-0.1, -0.05) is 0 Å². The zero-order valence-electron chi connectivity index (χ0n) is 9.84. The van der Waals surface area contributed by atoms with Crippen molar-refractivity contribution in [2.45, 2.75) is 13.0 Å². The van der Waals surface area contributed by atoms with Crippen LogP contribution < -0.4 is 5.32 Å². The largest absolute Gasteiger partial charge is 0.352 e. The Morgan fingerprint density at radius 2 is 2.11 bits per heavy atom. The van der Waals surface area contributed by atoms with E-state index in [1.54, 1.807) is 6.20 Å². The monoisotopic (exact) mass is 355 g/mol. The molecule has 0 aliphatic carbocycles. The molecule has 1 amide bonds. The summed E-state index contributed by atoms with van der Waals surface area (Å²) in [5.41, 5.74) is 0.703. The minimum atomic E-state index is -0.0214. The number of aromatic nitrogens is 2. The lowest BCUT2D eigenvalue weighted by Crippen LogP contribution is -2.25. The molecule has 1 aromatic carbocycles. The quantitative estimate of drug-likeness (QED) is 0.661. The number of hydrogen-bond donors (Lipinski definition) is 1. The highest BCUT2D eigenvalue weighted by Crippen LogP contribution is 2.06. The molecule has 18 heavy (non-hydrogen) atoms.